The number of primary amides is 1. The van der Waals surface area contributed by atoms with E-state index in [4.69, 9.17) is 34.0 Å². The third-order valence-electron chi connectivity index (χ3n) is 3.87. The molecule has 8 heteroatoms. The molecule has 0 aliphatic rings. The van der Waals surface area contributed by atoms with E-state index in [2.05, 4.69) is 5.10 Å². The third kappa shape index (κ3) is 5.58. The second-order valence-corrected chi connectivity index (χ2v) is 6.88. The zero-order valence-electron chi connectivity index (χ0n) is 15.3. The summed E-state index contributed by atoms with van der Waals surface area (Å²) in [6.07, 6.45) is 0. The number of nitrogens with two attached hydrogens (primary N) is 1. The first-order chi connectivity index (χ1) is 13.2. The Kier molecular flexibility index (Phi) is 7.20. The van der Waals surface area contributed by atoms with Crippen LogP contribution in [0.15, 0.2) is 48.5 Å². The standard InChI is InChI=1S/C12H10Cl2N2O2.C8H9NO/c1-7-5-11(12(17)18)15-16(7)6-8-9(13)3-2-4-10(8)14;1-6-3-2-4-7(5-6)8(9)10/h2-5H,6H2,1H3,(H,17,18);2-5H,1H3,(H2,9,10). The maximum Gasteiger partial charge on any atom is 0.356 e. The Labute approximate surface area is 172 Å². The van der Waals surface area contributed by atoms with Gasteiger partial charge in [0.05, 0.1) is 6.54 Å². The molecule has 2 aromatic carbocycles. The highest BCUT2D eigenvalue weighted by molar-refractivity contribution is 6.35. The van der Waals surface area contributed by atoms with Crippen molar-refractivity contribution in [3.05, 3.63) is 86.7 Å². The number of benzene rings is 2. The number of carboxylic acids is 1. The fourth-order valence-electron chi connectivity index (χ4n) is 2.41. The molecule has 1 heterocycles. The molecular weight excluding hydrogens is 401 g/mol. The number of nitrogens with zero attached hydrogens (tertiary/aromatic N) is 2. The summed E-state index contributed by atoms with van der Waals surface area (Å²) < 4.78 is 1.57. The van der Waals surface area contributed by atoms with Gasteiger partial charge in [-0.1, -0.05) is 47.0 Å². The van der Waals surface area contributed by atoms with Crippen LogP contribution in [0.4, 0.5) is 0 Å². The van der Waals surface area contributed by atoms with Crippen molar-refractivity contribution < 1.29 is 14.7 Å². The molecule has 0 atom stereocenters. The molecule has 1 amide bonds. The molecule has 0 bridgehead atoms. The summed E-state index contributed by atoms with van der Waals surface area (Å²) in [7, 11) is 0. The predicted octanol–water partition coefficient (Wildman–Crippen LogP) is 4.34. The van der Waals surface area contributed by atoms with Crippen molar-refractivity contribution in [3.63, 3.8) is 0 Å². The van der Waals surface area contributed by atoms with Crippen molar-refractivity contribution in [1.82, 2.24) is 9.78 Å². The molecule has 146 valence electrons. The normalized spacial score (nSPS) is 10.1. The highest BCUT2D eigenvalue weighted by atomic mass is 35.5. The molecule has 6 nitrogen and oxygen atoms in total. The lowest BCUT2D eigenvalue weighted by atomic mass is 10.1. The average molecular weight is 420 g/mol. The molecule has 0 spiro atoms. The van der Waals surface area contributed by atoms with Gasteiger partial charge in [-0.05, 0) is 44.2 Å². The Bertz CT molecular complexity index is 995. The molecule has 0 fully saturated rings. The smallest absolute Gasteiger partial charge is 0.356 e. The van der Waals surface area contributed by atoms with Gasteiger partial charge < -0.3 is 10.8 Å². The van der Waals surface area contributed by atoms with E-state index >= 15 is 0 Å². The summed E-state index contributed by atoms with van der Waals surface area (Å²) in [5.74, 6) is -1.43. The van der Waals surface area contributed by atoms with Crippen molar-refractivity contribution in [1.29, 1.82) is 0 Å². The number of carbonyl (C=O) groups excluding carboxylic acids is 1. The molecule has 0 radical (unpaired) electrons. The maximum atomic E-state index is 10.8. The first kappa shape index (κ1) is 21.5. The average Bonchev–Trinajstić information content (AvgIpc) is 3.00. The maximum absolute atomic E-state index is 10.8. The molecule has 3 aromatic rings. The SMILES string of the molecule is Cc1cc(C(=O)O)nn1Cc1c(Cl)cccc1Cl.Cc1cccc(C(N)=O)c1. The second-order valence-electron chi connectivity index (χ2n) is 6.07. The molecule has 0 saturated heterocycles. The number of carboxylic acid groups (broad SMARTS) is 1. The van der Waals surface area contributed by atoms with Crippen LogP contribution in [0.1, 0.15) is 37.7 Å². The van der Waals surface area contributed by atoms with Gasteiger partial charge in [0.25, 0.3) is 0 Å². The Morgan fingerprint density at radius 3 is 2.14 bits per heavy atom. The van der Waals surface area contributed by atoms with Gasteiger partial charge >= 0.3 is 5.97 Å². The minimum Gasteiger partial charge on any atom is -0.476 e. The number of hydrogen-bond acceptors (Lipinski definition) is 3. The van der Waals surface area contributed by atoms with Crippen LogP contribution in [0.5, 0.6) is 0 Å². The van der Waals surface area contributed by atoms with E-state index in [-0.39, 0.29) is 11.6 Å². The van der Waals surface area contributed by atoms with Gasteiger partial charge in [0.1, 0.15) is 0 Å². The summed E-state index contributed by atoms with van der Waals surface area (Å²) >= 11 is 12.1. The van der Waals surface area contributed by atoms with Gasteiger partial charge in [-0.2, -0.15) is 5.10 Å². The van der Waals surface area contributed by atoms with Crippen LogP contribution in [-0.4, -0.2) is 26.8 Å². The fourth-order valence-corrected chi connectivity index (χ4v) is 2.92. The van der Waals surface area contributed by atoms with Crippen LogP contribution in [0.25, 0.3) is 0 Å². The van der Waals surface area contributed by atoms with Crippen molar-refractivity contribution in [2.24, 2.45) is 5.73 Å². The number of aryl methyl sites for hydroxylation is 2. The van der Waals surface area contributed by atoms with E-state index in [1.165, 1.54) is 6.07 Å². The van der Waals surface area contributed by atoms with Crippen molar-refractivity contribution in [3.8, 4) is 0 Å². The van der Waals surface area contributed by atoms with Crippen LogP contribution >= 0.6 is 23.2 Å². The van der Waals surface area contributed by atoms with E-state index < -0.39 is 5.97 Å². The van der Waals surface area contributed by atoms with E-state index in [9.17, 15) is 9.59 Å². The van der Waals surface area contributed by atoms with E-state index in [1.54, 1.807) is 41.9 Å². The Morgan fingerprint density at radius 2 is 1.68 bits per heavy atom. The Morgan fingerprint density at radius 1 is 1.07 bits per heavy atom. The zero-order chi connectivity index (χ0) is 20.8. The van der Waals surface area contributed by atoms with Crippen molar-refractivity contribution in [2.75, 3.05) is 0 Å². The van der Waals surface area contributed by atoms with E-state index in [0.717, 1.165) is 16.8 Å². The Balaban J connectivity index is 0.000000237. The Hall–Kier alpha value is -2.83. The van der Waals surface area contributed by atoms with Gasteiger partial charge in [0.2, 0.25) is 5.91 Å². The van der Waals surface area contributed by atoms with Crippen LogP contribution in [0.3, 0.4) is 0 Å². The van der Waals surface area contributed by atoms with Crippen LogP contribution < -0.4 is 5.73 Å². The molecule has 28 heavy (non-hydrogen) atoms. The summed E-state index contributed by atoms with van der Waals surface area (Å²) in [4.78, 5) is 21.4. The third-order valence-corrected chi connectivity index (χ3v) is 4.58. The molecule has 0 saturated carbocycles. The molecule has 0 unspecified atom stereocenters. The lowest BCUT2D eigenvalue weighted by Crippen LogP contribution is -2.10. The number of aromatic carboxylic acids is 1. The summed E-state index contributed by atoms with van der Waals surface area (Å²) in [6, 6.07) is 13.9. The zero-order valence-corrected chi connectivity index (χ0v) is 16.8. The van der Waals surface area contributed by atoms with Crippen molar-refractivity contribution >= 4 is 35.1 Å². The summed E-state index contributed by atoms with van der Waals surface area (Å²) in [5, 5.41) is 13.9. The summed E-state index contributed by atoms with van der Waals surface area (Å²) in [5.41, 5.74) is 8.14. The quantitative estimate of drug-likeness (QED) is 0.656. The number of aromatic nitrogens is 2. The lowest BCUT2D eigenvalue weighted by Gasteiger charge is -2.08. The highest BCUT2D eigenvalue weighted by Gasteiger charge is 2.13. The molecule has 1 aromatic heterocycles. The first-order valence-electron chi connectivity index (χ1n) is 8.26. The minimum atomic E-state index is -1.05. The van der Waals surface area contributed by atoms with E-state index in [0.29, 0.717) is 22.2 Å². The summed E-state index contributed by atoms with van der Waals surface area (Å²) in [6.45, 7) is 4.05. The van der Waals surface area contributed by atoms with Crippen LogP contribution in [0.2, 0.25) is 10.0 Å². The molecular formula is C20H19Cl2N3O3. The van der Waals surface area contributed by atoms with Crippen LogP contribution in [-0.2, 0) is 6.54 Å². The van der Waals surface area contributed by atoms with Crippen LogP contribution in [0, 0.1) is 13.8 Å². The van der Waals surface area contributed by atoms with Gasteiger partial charge in [-0.25, -0.2) is 4.79 Å². The monoisotopic (exact) mass is 419 g/mol. The lowest BCUT2D eigenvalue weighted by molar-refractivity contribution is 0.0689. The van der Waals surface area contributed by atoms with Gasteiger partial charge in [0, 0.05) is 26.9 Å². The van der Waals surface area contributed by atoms with E-state index in [1.807, 2.05) is 19.1 Å². The molecule has 3 N–H and O–H groups in total. The molecule has 0 aliphatic carbocycles. The number of hydrogen-bond donors (Lipinski definition) is 2. The topological polar surface area (TPSA) is 98.2 Å². The van der Waals surface area contributed by atoms with Gasteiger partial charge in [0.15, 0.2) is 5.69 Å². The number of rotatable bonds is 4. The highest BCUT2D eigenvalue weighted by Crippen LogP contribution is 2.25. The molecule has 0 aliphatic heterocycles. The number of carbonyl (C=O) groups is 2. The first-order valence-corrected chi connectivity index (χ1v) is 9.01. The van der Waals surface area contributed by atoms with Gasteiger partial charge in [-0.3, -0.25) is 9.48 Å². The van der Waals surface area contributed by atoms with Gasteiger partial charge in [-0.15, -0.1) is 0 Å². The number of amides is 1. The number of halogens is 2. The minimum absolute atomic E-state index is 0.00989. The van der Waals surface area contributed by atoms with Crippen molar-refractivity contribution in [2.45, 2.75) is 20.4 Å². The molecule has 3 rings (SSSR count). The predicted molar refractivity (Wildman–Crippen MR) is 109 cm³/mol. The largest absolute Gasteiger partial charge is 0.476 e. The fraction of sp³-hybridized carbons (Fsp3) is 0.150. The second kappa shape index (κ2) is 9.39.